The number of aliphatic hydroxyl groups is 1. The summed E-state index contributed by atoms with van der Waals surface area (Å²) in [6.45, 7) is 2.41. The summed E-state index contributed by atoms with van der Waals surface area (Å²) in [6.07, 6.45) is 1.45. The molecule has 7 nitrogen and oxygen atoms in total. The Bertz CT molecular complexity index is 813. The van der Waals surface area contributed by atoms with Gasteiger partial charge in [0.2, 0.25) is 5.82 Å². The number of rotatable bonds is 4. The van der Waals surface area contributed by atoms with E-state index in [1.165, 1.54) is 0 Å². The fraction of sp³-hybridized carbons (Fsp3) is 0.333. The number of likely N-dealkylation sites (tertiary alicyclic amines) is 1. The van der Waals surface area contributed by atoms with Gasteiger partial charge in [-0.15, -0.1) is 10.2 Å². The Morgan fingerprint density at radius 3 is 2.56 bits per heavy atom. The molecule has 0 saturated carbocycles. The van der Waals surface area contributed by atoms with Crippen molar-refractivity contribution in [2.75, 3.05) is 13.1 Å². The van der Waals surface area contributed by atoms with Gasteiger partial charge in [0.1, 0.15) is 5.69 Å². The quantitative estimate of drug-likeness (QED) is 0.754. The molecule has 0 amide bonds. The lowest BCUT2D eigenvalue weighted by atomic mass is 9.84. The minimum atomic E-state index is -0.725. The van der Waals surface area contributed by atoms with Gasteiger partial charge in [-0.2, -0.15) is 5.21 Å². The average Bonchev–Trinajstić information content (AvgIpc) is 3.20. The number of tetrazole rings is 1. The van der Waals surface area contributed by atoms with Gasteiger partial charge in [0.15, 0.2) is 0 Å². The lowest BCUT2D eigenvalue weighted by molar-refractivity contribution is -0.0279. The largest absolute Gasteiger partial charge is 0.385 e. The molecule has 25 heavy (non-hydrogen) atoms. The maximum Gasteiger partial charge on any atom is 0.222 e. The van der Waals surface area contributed by atoms with Crippen LogP contribution in [0.15, 0.2) is 48.5 Å². The highest BCUT2D eigenvalue weighted by atomic mass is 16.3. The number of hydrogen-bond donors (Lipinski definition) is 2. The molecule has 0 radical (unpaired) electrons. The van der Waals surface area contributed by atoms with Crippen LogP contribution in [0.2, 0.25) is 0 Å². The summed E-state index contributed by atoms with van der Waals surface area (Å²) >= 11 is 0. The van der Waals surface area contributed by atoms with Crippen molar-refractivity contribution in [2.45, 2.75) is 25.0 Å². The molecular weight excluding hydrogens is 316 g/mol. The van der Waals surface area contributed by atoms with Gasteiger partial charge in [0.05, 0.1) is 11.3 Å². The van der Waals surface area contributed by atoms with E-state index in [9.17, 15) is 5.11 Å². The second-order valence-electron chi connectivity index (χ2n) is 6.42. The van der Waals surface area contributed by atoms with Gasteiger partial charge in [-0.25, -0.2) is 4.98 Å². The molecule has 0 atom stereocenters. The Morgan fingerprint density at radius 1 is 1.04 bits per heavy atom. The molecule has 0 aliphatic carbocycles. The van der Waals surface area contributed by atoms with E-state index in [1.54, 1.807) is 0 Å². The molecule has 1 aliphatic heterocycles. The lowest BCUT2D eigenvalue weighted by Crippen LogP contribution is -2.42. The summed E-state index contributed by atoms with van der Waals surface area (Å²) in [5, 5.41) is 24.9. The Morgan fingerprint density at radius 2 is 1.84 bits per heavy atom. The van der Waals surface area contributed by atoms with Gasteiger partial charge in [0.25, 0.3) is 0 Å². The Balaban J connectivity index is 1.42. The highest BCUT2D eigenvalue weighted by molar-refractivity contribution is 5.47. The van der Waals surface area contributed by atoms with Gasteiger partial charge >= 0.3 is 0 Å². The predicted octanol–water partition coefficient (Wildman–Crippen LogP) is 1.75. The van der Waals surface area contributed by atoms with Crippen LogP contribution in [0.3, 0.4) is 0 Å². The zero-order chi connectivity index (χ0) is 17.1. The number of nitrogens with one attached hydrogen (secondary N) is 1. The molecule has 1 aliphatic rings. The standard InChI is InChI=1S/C18H20N6O/c25-18(14-5-2-1-3-6-14)9-11-24(12-10-18)13-15-7-4-8-16(19-15)17-20-22-23-21-17/h1-8,25H,9-13H2,(H,20,21,22,23). The van der Waals surface area contributed by atoms with Gasteiger partial charge in [-0.05, 0) is 35.8 Å². The van der Waals surface area contributed by atoms with E-state index in [0.29, 0.717) is 11.5 Å². The minimum absolute atomic E-state index is 0.499. The van der Waals surface area contributed by atoms with Crippen LogP contribution in [-0.2, 0) is 12.1 Å². The van der Waals surface area contributed by atoms with E-state index in [0.717, 1.165) is 43.7 Å². The van der Waals surface area contributed by atoms with Crippen LogP contribution in [0.25, 0.3) is 11.5 Å². The summed E-state index contributed by atoms with van der Waals surface area (Å²) < 4.78 is 0. The first-order valence-electron chi connectivity index (χ1n) is 8.43. The van der Waals surface area contributed by atoms with Crippen LogP contribution in [-0.4, -0.2) is 48.7 Å². The number of H-pyrrole nitrogens is 1. The molecule has 1 aromatic carbocycles. The van der Waals surface area contributed by atoms with Crippen molar-refractivity contribution < 1.29 is 5.11 Å². The van der Waals surface area contributed by atoms with Crippen LogP contribution in [0.4, 0.5) is 0 Å². The Hall–Kier alpha value is -2.64. The van der Waals surface area contributed by atoms with E-state index in [1.807, 2.05) is 48.5 Å². The van der Waals surface area contributed by atoms with Crippen LogP contribution < -0.4 is 0 Å². The first-order valence-corrected chi connectivity index (χ1v) is 8.43. The number of pyridine rings is 1. The zero-order valence-corrected chi connectivity index (χ0v) is 13.8. The number of aromatic amines is 1. The first-order chi connectivity index (χ1) is 12.2. The molecule has 3 aromatic rings. The molecule has 4 rings (SSSR count). The Labute approximate surface area is 145 Å². The maximum atomic E-state index is 10.9. The third kappa shape index (κ3) is 3.42. The van der Waals surface area contributed by atoms with Gasteiger partial charge < -0.3 is 5.11 Å². The van der Waals surface area contributed by atoms with Crippen molar-refractivity contribution >= 4 is 0 Å². The van der Waals surface area contributed by atoms with Crippen molar-refractivity contribution in [3.8, 4) is 11.5 Å². The maximum absolute atomic E-state index is 10.9. The number of piperidine rings is 1. The molecule has 2 N–H and O–H groups in total. The molecule has 1 saturated heterocycles. The summed E-state index contributed by atoms with van der Waals surface area (Å²) in [6, 6.07) is 15.8. The summed E-state index contributed by atoms with van der Waals surface area (Å²) in [5.74, 6) is 0.499. The number of benzene rings is 1. The molecule has 0 bridgehead atoms. The zero-order valence-electron chi connectivity index (χ0n) is 13.8. The second kappa shape index (κ2) is 6.70. The van der Waals surface area contributed by atoms with E-state index >= 15 is 0 Å². The van der Waals surface area contributed by atoms with Crippen molar-refractivity contribution in [1.29, 1.82) is 0 Å². The van der Waals surface area contributed by atoms with Gasteiger partial charge in [-0.3, -0.25) is 4.90 Å². The van der Waals surface area contributed by atoms with Gasteiger partial charge in [-0.1, -0.05) is 36.4 Å². The minimum Gasteiger partial charge on any atom is -0.385 e. The highest BCUT2D eigenvalue weighted by Crippen LogP contribution is 2.33. The summed E-state index contributed by atoms with van der Waals surface area (Å²) in [5.41, 5.74) is 1.96. The second-order valence-corrected chi connectivity index (χ2v) is 6.42. The van der Waals surface area contributed by atoms with E-state index in [-0.39, 0.29) is 0 Å². The molecule has 7 heteroatoms. The highest BCUT2D eigenvalue weighted by Gasteiger charge is 2.33. The Kier molecular flexibility index (Phi) is 4.25. The fourth-order valence-corrected chi connectivity index (χ4v) is 3.31. The molecule has 0 unspecified atom stereocenters. The van der Waals surface area contributed by atoms with E-state index < -0.39 is 5.60 Å². The van der Waals surface area contributed by atoms with Crippen molar-refractivity contribution in [3.63, 3.8) is 0 Å². The lowest BCUT2D eigenvalue weighted by Gasteiger charge is -2.38. The van der Waals surface area contributed by atoms with Gasteiger partial charge in [0, 0.05) is 19.6 Å². The van der Waals surface area contributed by atoms with Crippen LogP contribution >= 0.6 is 0 Å². The van der Waals surface area contributed by atoms with Crippen molar-refractivity contribution in [2.24, 2.45) is 0 Å². The molecule has 1 fully saturated rings. The van der Waals surface area contributed by atoms with E-state index in [2.05, 4.69) is 30.5 Å². The number of nitrogens with zero attached hydrogens (tertiary/aromatic N) is 5. The average molecular weight is 336 g/mol. The number of hydrogen-bond acceptors (Lipinski definition) is 6. The fourth-order valence-electron chi connectivity index (χ4n) is 3.31. The normalized spacial score (nSPS) is 17.5. The van der Waals surface area contributed by atoms with Crippen molar-refractivity contribution in [1.82, 2.24) is 30.5 Å². The van der Waals surface area contributed by atoms with E-state index in [4.69, 9.17) is 0 Å². The monoisotopic (exact) mass is 336 g/mol. The smallest absolute Gasteiger partial charge is 0.222 e. The third-order valence-electron chi connectivity index (χ3n) is 4.76. The van der Waals surface area contributed by atoms with Crippen LogP contribution in [0, 0.1) is 0 Å². The third-order valence-corrected chi connectivity index (χ3v) is 4.76. The van der Waals surface area contributed by atoms with Crippen molar-refractivity contribution in [3.05, 3.63) is 59.8 Å². The first kappa shape index (κ1) is 15.9. The molecular formula is C18H20N6O. The van der Waals surface area contributed by atoms with Crippen LogP contribution in [0.1, 0.15) is 24.1 Å². The number of aromatic nitrogens is 5. The summed E-state index contributed by atoms with van der Waals surface area (Å²) in [7, 11) is 0. The SMILES string of the molecule is OC1(c2ccccc2)CCN(Cc2cccc(-c3nn[nH]n3)n2)CC1. The molecule has 128 valence electrons. The summed E-state index contributed by atoms with van der Waals surface area (Å²) in [4.78, 5) is 6.93. The molecule has 0 spiro atoms. The predicted molar refractivity (Wildman–Crippen MR) is 92.3 cm³/mol. The van der Waals surface area contributed by atoms with Crippen LogP contribution in [0.5, 0.6) is 0 Å². The molecule has 3 heterocycles. The molecule has 2 aromatic heterocycles. The topological polar surface area (TPSA) is 90.8 Å².